The van der Waals surface area contributed by atoms with E-state index in [9.17, 15) is 9.59 Å². The minimum absolute atomic E-state index is 0.00711. The molecule has 0 fully saturated rings. The normalized spacial score (nSPS) is 10.7. The number of para-hydroxylation sites is 1. The minimum atomic E-state index is -0.207. The fourth-order valence-electron chi connectivity index (χ4n) is 3.03. The average molecular weight is 352 g/mol. The molecule has 0 bridgehead atoms. The van der Waals surface area contributed by atoms with Crippen molar-refractivity contribution in [3.8, 4) is 0 Å². The minimum Gasteiger partial charge on any atom is -0.325 e. The fourth-order valence-corrected chi connectivity index (χ4v) is 3.03. The molecule has 0 aliphatic heterocycles. The van der Waals surface area contributed by atoms with Crippen LogP contribution in [-0.2, 0) is 9.59 Å². The van der Waals surface area contributed by atoms with Gasteiger partial charge < -0.3 is 10.2 Å². The number of benzene rings is 2. The number of hydrogen-bond donors (Lipinski definition) is 1. The smallest absolute Gasteiger partial charge is 0.244 e. The van der Waals surface area contributed by atoms with Gasteiger partial charge in [-0.2, -0.15) is 0 Å². The summed E-state index contributed by atoms with van der Waals surface area (Å²) in [5.74, 6) is -0.0904. The van der Waals surface area contributed by atoms with Crippen LogP contribution >= 0.6 is 0 Å². The Morgan fingerprint density at radius 3 is 2.27 bits per heavy atom. The number of nitrogens with one attached hydrogen (secondary N) is 1. The third-order valence-corrected chi connectivity index (χ3v) is 4.63. The largest absolute Gasteiger partial charge is 0.325 e. The number of rotatable bonds is 5. The molecule has 0 radical (unpaired) electrons. The van der Waals surface area contributed by atoms with Gasteiger partial charge in [0.05, 0.1) is 5.69 Å². The summed E-state index contributed by atoms with van der Waals surface area (Å²) < 4.78 is 0. The summed E-state index contributed by atoms with van der Waals surface area (Å²) in [5.41, 5.74) is 5.94. The molecule has 2 aromatic rings. The number of amides is 2. The first-order valence-corrected chi connectivity index (χ1v) is 8.95. The maximum absolute atomic E-state index is 12.6. The Kier molecular flexibility index (Phi) is 6.19. The van der Waals surface area contributed by atoms with Crippen molar-refractivity contribution in [3.63, 3.8) is 0 Å². The summed E-state index contributed by atoms with van der Waals surface area (Å²) in [5, 5.41) is 2.90. The molecule has 138 valence electrons. The second-order valence-electron chi connectivity index (χ2n) is 7.12. The summed E-state index contributed by atoms with van der Waals surface area (Å²) in [7, 11) is 0. The second kappa shape index (κ2) is 8.17. The first-order chi connectivity index (χ1) is 12.2. The average Bonchev–Trinajstić information content (AvgIpc) is 2.56. The van der Waals surface area contributed by atoms with Gasteiger partial charge >= 0.3 is 0 Å². The molecule has 26 heavy (non-hydrogen) atoms. The Hall–Kier alpha value is -2.62. The number of nitrogens with zero attached hydrogens (tertiary/aromatic N) is 1. The van der Waals surface area contributed by atoms with Crippen LogP contribution in [0.5, 0.6) is 0 Å². The van der Waals surface area contributed by atoms with Crippen LogP contribution in [0.15, 0.2) is 36.4 Å². The number of carbonyl (C=O) groups is 2. The molecule has 4 heteroatoms. The van der Waals surface area contributed by atoms with E-state index in [1.807, 2.05) is 57.2 Å². The van der Waals surface area contributed by atoms with Crippen LogP contribution in [0.3, 0.4) is 0 Å². The van der Waals surface area contributed by atoms with Crippen molar-refractivity contribution >= 4 is 23.2 Å². The third kappa shape index (κ3) is 4.51. The Bertz CT molecular complexity index is 825. The molecule has 4 nitrogen and oxygen atoms in total. The lowest BCUT2D eigenvalue weighted by molar-refractivity contribution is -0.120. The summed E-state index contributed by atoms with van der Waals surface area (Å²) in [6, 6.07) is 11.8. The van der Waals surface area contributed by atoms with E-state index >= 15 is 0 Å². The highest BCUT2D eigenvalue weighted by Crippen LogP contribution is 2.31. The van der Waals surface area contributed by atoms with Crippen LogP contribution in [0.4, 0.5) is 11.4 Å². The molecule has 0 spiro atoms. The summed E-state index contributed by atoms with van der Waals surface area (Å²) >= 11 is 0. The predicted octanol–water partition coefficient (Wildman–Crippen LogP) is 4.73. The number of anilines is 2. The number of hydrogen-bond acceptors (Lipinski definition) is 2. The van der Waals surface area contributed by atoms with Gasteiger partial charge in [-0.15, -0.1) is 0 Å². The quantitative estimate of drug-likeness (QED) is 0.846. The van der Waals surface area contributed by atoms with Crippen LogP contribution in [0.1, 0.15) is 48.9 Å². The van der Waals surface area contributed by atoms with E-state index < -0.39 is 0 Å². The molecule has 1 N–H and O–H groups in total. The number of aryl methyl sites for hydroxylation is 3. The zero-order valence-corrected chi connectivity index (χ0v) is 16.5. The molecule has 0 aliphatic carbocycles. The van der Waals surface area contributed by atoms with E-state index in [1.165, 1.54) is 12.5 Å². The van der Waals surface area contributed by atoms with Crippen LogP contribution < -0.4 is 10.2 Å². The molecule has 2 aromatic carbocycles. The van der Waals surface area contributed by atoms with Crippen molar-refractivity contribution in [1.29, 1.82) is 0 Å². The van der Waals surface area contributed by atoms with Crippen molar-refractivity contribution in [2.24, 2.45) is 0 Å². The van der Waals surface area contributed by atoms with Gasteiger partial charge in [-0.3, -0.25) is 9.59 Å². The molecule has 0 aromatic heterocycles. The van der Waals surface area contributed by atoms with Gasteiger partial charge in [0.1, 0.15) is 6.54 Å². The third-order valence-electron chi connectivity index (χ3n) is 4.63. The van der Waals surface area contributed by atoms with Gasteiger partial charge in [0.2, 0.25) is 11.8 Å². The van der Waals surface area contributed by atoms with Crippen molar-refractivity contribution in [2.75, 3.05) is 16.8 Å². The summed E-state index contributed by atoms with van der Waals surface area (Å²) in [6.07, 6.45) is 0. The molecular formula is C22H28N2O2. The Morgan fingerprint density at radius 2 is 1.69 bits per heavy atom. The van der Waals surface area contributed by atoms with Crippen LogP contribution in [0.25, 0.3) is 0 Å². The zero-order chi connectivity index (χ0) is 19.4. The Morgan fingerprint density at radius 1 is 1.00 bits per heavy atom. The standard InChI is InChI=1S/C22H28N2O2/c1-14(2)20-9-7-8-16(4)22(20)24(18(6)25)13-21(26)23-19-11-10-15(3)17(5)12-19/h7-12,14H,13H2,1-6H3,(H,23,26). The zero-order valence-electron chi connectivity index (χ0n) is 16.5. The van der Waals surface area contributed by atoms with Crippen LogP contribution in [0, 0.1) is 20.8 Å². The van der Waals surface area contributed by atoms with E-state index in [2.05, 4.69) is 19.2 Å². The maximum Gasteiger partial charge on any atom is 0.244 e. The van der Waals surface area contributed by atoms with Crippen molar-refractivity contribution < 1.29 is 9.59 Å². The molecule has 0 heterocycles. The second-order valence-corrected chi connectivity index (χ2v) is 7.12. The fraction of sp³-hybridized carbons (Fsp3) is 0.364. The van der Waals surface area contributed by atoms with E-state index in [0.29, 0.717) is 0 Å². The molecule has 0 saturated heterocycles. The monoisotopic (exact) mass is 352 g/mol. The van der Waals surface area contributed by atoms with Crippen LogP contribution in [0.2, 0.25) is 0 Å². The predicted molar refractivity (Wildman–Crippen MR) is 108 cm³/mol. The van der Waals surface area contributed by atoms with Crippen LogP contribution in [-0.4, -0.2) is 18.4 Å². The van der Waals surface area contributed by atoms with E-state index in [1.54, 1.807) is 4.90 Å². The molecule has 2 rings (SSSR count). The summed E-state index contributed by atoms with van der Waals surface area (Å²) in [4.78, 5) is 26.5. The topological polar surface area (TPSA) is 49.4 Å². The van der Waals surface area contributed by atoms with Crippen molar-refractivity contribution in [1.82, 2.24) is 0 Å². The Balaban J connectivity index is 2.28. The lowest BCUT2D eigenvalue weighted by atomic mass is 9.97. The lowest BCUT2D eigenvalue weighted by Gasteiger charge is -2.27. The van der Waals surface area contributed by atoms with Gasteiger partial charge in [0.15, 0.2) is 0 Å². The maximum atomic E-state index is 12.6. The SMILES string of the molecule is CC(=O)N(CC(=O)Nc1ccc(C)c(C)c1)c1c(C)cccc1C(C)C. The van der Waals surface area contributed by atoms with Gasteiger partial charge in [-0.1, -0.05) is 38.1 Å². The lowest BCUT2D eigenvalue weighted by Crippen LogP contribution is -2.37. The highest BCUT2D eigenvalue weighted by Gasteiger charge is 2.21. The molecule has 0 saturated carbocycles. The molecule has 2 amide bonds. The molecule has 0 atom stereocenters. The first-order valence-electron chi connectivity index (χ1n) is 8.95. The van der Waals surface area contributed by atoms with E-state index in [0.717, 1.165) is 28.1 Å². The summed E-state index contributed by atoms with van der Waals surface area (Å²) in [6.45, 7) is 11.7. The van der Waals surface area contributed by atoms with Crippen molar-refractivity contribution in [2.45, 2.75) is 47.5 Å². The highest BCUT2D eigenvalue weighted by molar-refractivity contribution is 6.02. The molecule has 0 unspecified atom stereocenters. The van der Waals surface area contributed by atoms with Crippen molar-refractivity contribution in [3.05, 3.63) is 58.7 Å². The van der Waals surface area contributed by atoms with Gasteiger partial charge in [-0.05, 0) is 61.1 Å². The van der Waals surface area contributed by atoms with Gasteiger partial charge in [-0.25, -0.2) is 0 Å². The first kappa shape index (κ1) is 19.7. The highest BCUT2D eigenvalue weighted by atomic mass is 16.2. The number of carbonyl (C=O) groups excluding carboxylic acids is 2. The van der Waals surface area contributed by atoms with Gasteiger partial charge in [0.25, 0.3) is 0 Å². The van der Waals surface area contributed by atoms with E-state index in [4.69, 9.17) is 0 Å². The van der Waals surface area contributed by atoms with E-state index in [-0.39, 0.29) is 24.3 Å². The molecule has 0 aliphatic rings. The Labute approximate surface area is 156 Å². The van der Waals surface area contributed by atoms with Gasteiger partial charge in [0, 0.05) is 12.6 Å². The molecular weight excluding hydrogens is 324 g/mol.